The minimum Gasteiger partial charge on any atom is -0.466 e. The third-order valence-electron chi connectivity index (χ3n) is 3.56. The second kappa shape index (κ2) is 8.33. The van der Waals surface area contributed by atoms with Crippen molar-refractivity contribution in [2.24, 2.45) is 5.73 Å². The molecule has 0 aliphatic carbocycles. The number of carbonyl (C=O) groups excluding carboxylic acids is 3. The lowest BCUT2D eigenvalue weighted by Crippen LogP contribution is -2.68. The van der Waals surface area contributed by atoms with Gasteiger partial charge in [0.05, 0.1) is 13.3 Å². The summed E-state index contributed by atoms with van der Waals surface area (Å²) in [5.74, 6) is -1.23. The van der Waals surface area contributed by atoms with E-state index in [0.717, 1.165) is 5.03 Å². The van der Waals surface area contributed by atoms with E-state index in [2.05, 4.69) is 20.1 Å². The lowest BCUT2D eigenvalue weighted by atomic mass is 10.1. The van der Waals surface area contributed by atoms with Crippen LogP contribution >= 0.6 is 35.3 Å². The Morgan fingerprint density at radius 2 is 2.31 bits per heavy atom. The lowest BCUT2D eigenvalue weighted by molar-refractivity contribution is -0.158. The van der Waals surface area contributed by atoms with E-state index in [1.165, 1.54) is 47.3 Å². The number of amides is 1. The van der Waals surface area contributed by atoms with E-state index < -0.39 is 24.6 Å². The molecule has 1 aromatic rings. The van der Waals surface area contributed by atoms with E-state index >= 15 is 0 Å². The van der Waals surface area contributed by atoms with E-state index in [1.807, 2.05) is 0 Å². The second-order valence-corrected chi connectivity index (χ2v) is 8.64. The number of nitrogens with two attached hydrogens (primary N) is 1. The van der Waals surface area contributed by atoms with Crippen LogP contribution in [0.3, 0.4) is 0 Å². The predicted molar refractivity (Wildman–Crippen MR) is 95.8 cm³/mol. The van der Waals surface area contributed by atoms with Crippen molar-refractivity contribution < 1.29 is 23.9 Å². The van der Waals surface area contributed by atoms with Crippen molar-refractivity contribution in [3.05, 3.63) is 16.8 Å². The first-order valence-corrected chi connectivity index (χ1v) is 10.3. The molecule has 1 amide bonds. The molecule has 0 spiro atoms. The van der Waals surface area contributed by atoms with Gasteiger partial charge in [0.15, 0.2) is 6.61 Å². The van der Waals surface area contributed by atoms with Crippen LogP contribution in [0.15, 0.2) is 21.8 Å². The molecule has 1 saturated heterocycles. The Hall–Kier alpha value is -1.70. The van der Waals surface area contributed by atoms with E-state index in [-0.39, 0.29) is 17.0 Å². The predicted octanol–water partition coefficient (Wildman–Crippen LogP) is -0.242. The largest absolute Gasteiger partial charge is 0.466 e. The maximum Gasteiger partial charge on any atom is 0.356 e. The molecular formula is C13H15N5O5S3. The lowest BCUT2D eigenvalue weighted by Gasteiger charge is -2.48. The topological polar surface area (TPSA) is 141 Å². The Balaban J connectivity index is 1.73. The van der Waals surface area contributed by atoms with Gasteiger partial charge in [0.25, 0.3) is 0 Å². The number of methoxy groups -OCH3 is 1. The average Bonchev–Trinajstić information content (AvgIpc) is 3.18. The second-order valence-electron chi connectivity index (χ2n) is 5.09. The standard InChI is InChI=1S/C13H15N5O5S3/c1-22-8(19)3-23-13(21)10-6(25-5-26-7-2-15-17-16-7)4-24-12-9(14)11(20)18(10)12/h2,9,12H,3-5,14H2,1H3,(H,15,16,17)/t9?,12-/m1/s1. The number of thioether (sulfide) groups is 3. The van der Waals surface area contributed by atoms with Crippen molar-refractivity contribution in [3.8, 4) is 0 Å². The van der Waals surface area contributed by atoms with E-state index in [0.29, 0.717) is 15.7 Å². The monoisotopic (exact) mass is 417 g/mol. The van der Waals surface area contributed by atoms with Gasteiger partial charge in [-0.2, -0.15) is 0 Å². The zero-order chi connectivity index (χ0) is 18.7. The number of nitrogens with one attached hydrogen (secondary N) is 1. The summed E-state index contributed by atoms with van der Waals surface area (Å²) in [6.45, 7) is -0.517. The Kier molecular flexibility index (Phi) is 6.11. The first kappa shape index (κ1) is 19.1. The molecule has 1 fully saturated rings. The third kappa shape index (κ3) is 3.84. The Labute approximate surface area is 161 Å². The molecule has 2 aliphatic heterocycles. The van der Waals surface area contributed by atoms with E-state index in [4.69, 9.17) is 10.5 Å². The molecule has 2 aliphatic rings. The molecule has 3 N–H and O–H groups in total. The maximum absolute atomic E-state index is 12.5. The van der Waals surface area contributed by atoms with Crippen LogP contribution < -0.4 is 5.73 Å². The number of nitrogens with zero attached hydrogens (tertiary/aromatic N) is 3. The summed E-state index contributed by atoms with van der Waals surface area (Å²) in [5, 5.41) is 11.1. The van der Waals surface area contributed by atoms with Crippen LogP contribution in [-0.4, -0.2) is 74.1 Å². The van der Waals surface area contributed by atoms with Gasteiger partial charge in [0, 0.05) is 15.7 Å². The first-order valence-electron chi connectivity index (χ1n) is 7.32. The van der Waals surface area contributed by atoms with Crippen molar-refractivity contribution in [1.82, 2.24) is 20.3 Å². The highest BCUT2D eigenvalue weighted by Gasteiger charge is 2.52. The van der Waals surface area contributed by atoms with Gasteiger partial charge in [-0.1, -0.05) is 17.0 Å². The van der Waals surface area contributed by atoms with Gasteiger partial charge in [-0.15, -0.1) is 28.6 Å². The highest BCUT2D eigenvalue weighted by Crippen LogP contribution is 2.43. The zero-order valence-corrected chi connectivity index (χ0v) is 16.0. The minimum absolute atomic E-state index is 0.151. The van der Waals surface area contributed by atoms with Crippen molar-refractivity contribution in [3.63, 3.8) is 0 Å². The number of hydrogen-bond donors (Lipinski definition) is 2. The zero-order valence-electron chi connectivity index (χ0n) is 13.5. The summed E-state index contributed by atoms with van der Waals surface area (Å²) in [6, 6.07) is -0.639. The van der Waals surface area contributed by atoms with Gasteiger partial charge in [0.2, 0.25) is 5.91 Å². The molecule has 0 aromatic carbocycles. The normalized spacial score (nSPS) is 21.9. The van der Waals surface area contributed by atoms with Gasteiger partial charge >= 0.3 is 11.9 Å². The van der Waals surface area contributed by atoms with Crippen molar-refractivity contribution in [2.75, 3.05) is 24.6 Å². The molecule has 1 unspecified atom stereocenters. The summed E-state index contributed by atoms with van der Waals surface area (Å²) < 4.78 is 9.45. The van der Waals surface area contributed by atoms with Crippen molar-refractivity contribution in [1.29, 1.82) is 0 Å². The van der Waals surface area contributed by atoms with Gasteiger partial charge < -0.3 is 15.2 Å². The number of rotatable bonds is 7. The van der Waals surface area contributed by atoms with Gasteiger partial charge in [-0.3, -0.25) is 14.8 Å². The fraction of sp³-hybridized carbons (Fsp3) is 0.462. The number of aromatic nitrogens is 3. The van der Waals surface area contributed by atoms with Crippen molar-refractivity contribution in [2.45, 2.75) is 16.4 Å². The van der Waals surface area contributed by atoms with E-state index in [9.17, 15) is 14.4 Å². The Morgan fingerprint density at radius 1 is 1.50 bits per heavy atom. The molecule has 10 nitrogen and oxygen atoms in total. The SMILES string of the molecule is COC(=O)COC(=O)C1=C(SCSc2cnn[nH]2)CS[C@@H]2C(N)C(=O)N12. The minimum atomic E-state index is -0.739. The van der Waals surface area contributed by atoms with Crippen LogP contribution in [0.4, 0.5) is 0 Å². The molecule has 0 bridgehead atoms. The van der Waals surface area contributed by atoms with Crippen LogP contribution in [0.1, 0.15) is 0 Å². The number of H-pyrrole nitrogens is 1. The molecule has 3 rings (SSSR count). The van der Waals surface area contributed by atoms with Crippen LogP contribution in [0.2, 0.25) is 0 Å². The average molecular weight is 417 g/mol. The number of fused-ring (bicyclic) bond motifs is 1. The summed E-state index contributed by atoms with van der Waals surface area (Å²) in [6.07, 6.45) is 1.59. The number of esters is 2. The maximum atomic E-state index is 12.5. The molecular weight excluding hydrogens is 402 g/mol. The van der Waals surface area contributed by atoms with E-state index in [1.54, 1.807) is 6.20 Å². The number of hydrogen-bond acceptors (Lipinski definition) is 11. The number of ether oxygens (including phenoxy) is 2. The Morgan fingerprint density at radius 3 is 3.00 bits per heavy atom. The number of carbonyl (C=O) groups is 3. The van der Waals surface area contributed by atoms with Crippen LogP contribution in [-0.2, 0) is 23.9 Å². The van der Waals surface area contributed by atoms with Gasteiger partial charge in [-0.05, 0) is 0 Å². The highest BCUT2D eigenvalue weighted by atomic mass is 32.2. The molecule has 1 aromatic heterocycles. The van der Waals surface area contributed by atoms with Crippen molar-refractivity contribution >= 4 is 53.1 Å². The van der Waals surface area contributed by atoms with Crippen LogP contribution in [0, 0.1) is 0 Å². The first-order chi connectivity index (χ1) is 12.5. The summed E-state index contributed by atoms with van der Waals surface area (Å²) in [5.41, 5.74) is 5.95. The molecule has 26 heavy (non-hydrogen) atoms. The molecule has 3 heterocycles. The van der Waals surface area contributed by atoms with Crippen LogP contribution in [0.5, 0.6) is 0 Å². The molecule has 13 heteroatoms. The quantitative estimate of drug-likeness (QED) is 0.263. The number of β-lactam (4-membered cyclic amide) rings is 1. The fourth-order valence-electron chi connectivity index (χ4n) is 2.26. The fourth-order valence-corrected chi connectivity index (χ4v) is 5.80. The smallest absolute Gasteiger partial charge is 0.356 e. The van der Waals surface area contributed by atoms with Gasteiger partial charge in [0.1, 0.15) is 22.1 Å². The van der Waals surface area contributed by atoms with Crippen LogP contribution in [0.25, 0.3) is 0 Å². The Bertz CT molecular complexity index is 741. The highest BCUT2D eigenvalue weighted by molar-refractivity contribution is 8.18. The number of aromatic amines is 1. The molecule has 140 valence electrons. The van der Waals surface area contributed by atoms with Gasteiger partial charge in [-0.25, -0.2) is 9.59 Å². The summed E-state index contributed by atoms with van der Waals surface area (Å²) >= 11 is 4.36. The summed E-state index contributed by atoms with van der Waals surface area (Å²) in [7, 11) is 1.20. The third-order valence-corrected chi connectivity index (χ3v) is 7.18. The molecule has 2 atom stereocenters. The molecule has 0 radical (unpaired) electrons. The molecule has 0 saturated carbocycles. The summed E-state index contributed by atoms with van der Waals surface area (Å²) in [4.78, 5) is 37.9.